The summed E-state index contributed by atoms with van der Waals surface area (Å²) in [5.41, 5.74) is 2.86. The average Bonchev–Trinajstić information content (AvgIpc) is 3.32. The number of rotatable bonds is 5. The first-order valence-corrected chi connectivity index (χ1v) is 10.2. The second-order valence-electron chi connectivity index (χ2n) is 6.45. The molecule has 5 nitrogen and oxygen atoms in total. The summed E-state index contributed by atoms with van der Waals surface area (Å²) in [6, 6.07) is 9.50. The van der Waals surface area contributed by atoms with Crippen LogP contribution >= 0.6 is 23.1 Å². The zero-order valence-electron chi connectivity index (χ0n) is 14.2. The highest BCUT2D eigenvalue weighted by Crippen LogP contribution is 2.41. The summed E-state index contributed by atoms with van der Waals surface area (Å²) in [7, 11) is 0. The minimum atomic E-state index is -0.413. The van der Waals surface area contributed by atoms with Gasteiger partial charge in [0.2, 0.25) is 0 Å². The first-order valence-electron chi connectivity index (χ1n) is 8.40. The Morgan fingerprint density at radius 3 is 2.88 bits per heavy atom. The Hall–Kier alpha value is -2.25. The maximum Gasteiger partial charge on any atom is 0.255 e. The molecule has 1 fully saturated rings. The highest BCUT2D eigenvalue weighted by Gasteiger charge is 2.28. The van der Waals surface area contributed by atoms with Crippen LogP contribution < -0.4 is 10.9 Å². The molecule has 2 heterocycles. The van der Waals surface area contributed by atoms with Crippen LogP contribution in [0.25, 0.3) is 10.2 Å². The summed E-state index contributed by atoms with van der Waals surface area (Å²) in [6.45, 7) is 2.06. The van der Waals surface area contributed by atoms with Crippen molar-refractivity contribution in [2.45, 2.75) is 35.8 Å². The van der Waals surface area contributed by atoms with Crippen LogP contribution in [0.15, 0.2) is 39.3 Å². The summed E-state index contributed by atoms with van der Waals surface area (Å²) in [5.74, 6) is 0.443. The first-order chi connectivity index (χ1) is 12.5. The minimum Gasteiger partial charge on any atom is -0.506 e. The van der Waals surface area contributed by atoms with Gasteiger partial charge in [-0.15, -0.1) is 23.1 Å². The summed E-state index contributed by atoms with van der Waals surface area (Å²) in [6.07, 6.45) is 1.97. The highest BCUT2D eigenvalue weighted by atomic mass is 32.2. The van der Waals surface area contributed by atoms with E-state index < -0.39 is 5.56 Å². The van der Waals surface area contributed by atoms with E-state index in [2.05, 4.69) is 29.4 Å². The van der Waals surface area contributed by atoms with Gasteiger partial charge in [-0.3, -0.25) is 9.59 Å². The van der Waals surface area contributed by atoms with E-state index >= 15 is 0 Å². The third kappa shape index (κ3) is 3.37. The summed E-state index contributed by atoms with van der Waals surface area (Å²) in [5, 5.41) is 13.1. The largest absolute Gasteiger partial charge is 0.506 e. The maximum atomic E-state index is 12.8. The predicted molar refractivity (Wildman–Crippen MR) is 105 cm³/mol. The molecule has 3 N–H and O–H groups in total. The Morgan fingerprint density at radius 1 is 1.38 bits per heavy atom. The van der Waals surface area contributed by atoms with Crippen molar-refractivity contribution in [1.82, 2.24) is 10.3 Å². The summed E-state index contributed by atoms with van der Waals surface area (Å²) in [4.78, 5) is 27.3. The number of hydrogen-bond donors (Lipinski definition) is 3. The molecule has 0 radical (unpaired) electrons. The zero-order chi connectivity index (χ0) is 18.3. The lowest BCUT2D eigenvalue weighted by Crippen LogP contribution is -2.26. The predicted octanol–water partition coefficient (Wildman–Crippen LogP) is 3.79. The number of pyridine rings is 1. The number of aryl methyl sites for hydroxylation is 1. The second kappa shape index (κ2) is 6.81. The molecule has 1 aliphatic rings. The number of aromatic nitrogens is 1. The van der Waals surface area contributed by atoms with Gasteiger partial charge in [0.05, 0.1) is 20.0 Å². The maximum absolute atomic E-state index is 12.8. The Kier molecular flexibility index (Phi) is 4.50. The van der Waals surface area contributed by atoms with E-state index in [-0.39, 0.29) is 17.7 Å². The normalized spacial score (nSPS) is 13.9. The number of benzene rings is 1. The van der Waals surface area contributed by atoms with E-state index in [9.17, 15) is 14.7 Å². The highest BCUT2D eigenvalue weighted by molar-refractivity contribution is 8.00. The fourth-order valence-corrected chi connectivity index (χ4v) is 5.28. The van der Waals surface area contributed by atoms with Gasteiger partial charge in [-0.05, 0) is 30.9 Å². The van der Waals surface area contributed by atoms with E-state index in [0.717, 1.165) is 23.1 Å². The lowest BCUT2D eigenvalue weighted by Gasteiger charge is -2.07. The molecule has 0 spiro atoms. The van der Waals surface area contributed by atoms with Crippen molar-refractivity contribution < 1.29 is 9.90 Å². The lowest BCUT2D eigenvalue weighted by molar-refractivity contribution is 0.0950. The quantitative estimate of drug-likeness (QED) is 0.583. The van der Waals surface area contributed by atoms with Crippen molar-refractivity contribution >= 4 is 39.2 Å². The van der Waals surface area contributed by atoms with Crippen molar-refractivity contribution in [3.63, 3.8) is 0 Å². The van der Waals surface area contributed by atoms with Gasteiger partial charge in [0.1, 0.15) is 5.75 Å². The summed E-state index contributed by atoms with van der Waals surface area (Å²) < 4.78 is 1.34. The van der Waals surface area contributed by atoms with Crippen LogP contribution in [0.2, 0.25) is 0 Å². The van der Waals surface area contributed by atoms with E-state index in [4.69, 9.17) is 0 Å². The molecule has 1 amide bonds. The first kappa shape index (κ1) is 17.2. The molecule has 7 heteroatoms. The number of thiophene rings is 1. The Bertz CT molecular complexity index is 1050. The van der Waals surface area contributed by atoms with E-state index in [1.54, 1.807) is 11.8 Å². The van der Waals surface area contributed by atoms with Crippen molar-refractivity contribution in [3.8, 4) is 5.75 Å². The van der Waals surface area contributed by atoms with Gasteiger partial charge in [-0.1, -0.05) is 24.3 Å². The third-order valence-corrected chi connectivity index (χ3v) is 6.92. The number of aromatic hydroxyl groups is 1. The zero-order valence-corrected chi connectivity index (χ0v) is 15.8. The molecule has 0 unspecified atom stereocenters. The van der Waals surface area contributed by atoms with E-state index in [1.165, 1.54) is 22.5 Å². The van der Waals surface area contributed by atoms with Gasteiger partial charge in [0.25, 0.3) is 11.5 Å². The molecule has 0 saturated heterocycles. The van der Waals surface area contributed by atoms with Crippen LogP contribution in [0, 0.1) is 6.92 Å². The number of carbonyl (C=O) groups is 1. The van der Waals surface area contributed by atoms with Crippen LogP contribution in [-0.2, 0) is 5.75 Å². The SMILES string of the molecule is Cc1ccccc1CSc1sc2c(O)cc(=O)[nH]c2c1C(=O)NC1CC1. The number of carbonyl (C=O) groups excluding carboxylic acids is 1. The molecule has 4 rings (SSSR count). The molecule has 1 saturated carbocycles. The van der Waals surface area contributed by atoms with Gasteiger partial charge in [-0.25, -0.2) is 0 Å². The van der Waals surface area contributed by atoms with E-state index in [1.807, 2.05) is 12.1 Å². The van der Waals surface area contributed by atoms with Crippen LogP contribution in [0.5, 0.6) is 5.75 Å². The van der Waals surface area contributed by atoms with Crippen molar-refractivity contribution in [3.05, 3.63) is 57.4 Å². The van der Waals surface area contributed by atoms with Gasteiger partial charge < -0.3 is 15.4 Å². The van der Waals surface area contributed by atoms with Gasteiger partial charge >= 0.3 is 0 Å². The number of H-pyrrole nitrogens is 1. The molecular formula is C19H18N2O3S2. The number of thioether (sulfide) groups is 1. The van der Waals surface area contributed by atoms with Gasteiger partial charge in [0, 0.05) is 17.9 Å². The van der Waals surface area contributed by atoms with Gasteiger partial charge in [-0.2, -0.15) is 0 Å². The molecule has 0 bridgehead atoms. The second-order valence-corrected chi connectivity index (χ2v) is 8.72. The smallest absolute Gasteiger partial charge is 0.255 e. The van der Waals surface area contributed by atoms with Crippen molar-refractivity contribution in [2.75, 3.05) is 0 Å². The van der Waals surface area contributed by atoms with Crippen LogP contribution in [0.3, 0.4) is 0 Å². The molecule has 3 aromatic rings. The minimum absolute atomic E-state index is 0.0861. The number of amides is 1. The van der Waals surface area contributed by atoms with Crippen LogP contribution in [-0.4, -0.2) is 22.0 Å². The fraction of sp³-hybridized carbons (Fsp3) is 0.263. The third-order valence-electron chi connectivity index (χ3n) is 4.38. The molecule has 1 aliphatic carbocycles. The lowest BCUT2D eigenvalue weighted by atomic mass is 10.1. The monoisotopic (exact) mass is 386 g/mol. The molecular weight excluding hydrogens is 368 g/mol. The average molecular weight is 386 g/mol. The molecule has 0 aliphatic heterocycles. The standard InChI is InChI=1S/C19H18N2O3S2/c1-10-4-2-3-5-11(10)9-25-19-15(18(24)20-12-6-7-12)16-17(26-19)13(22)8-14(23)21-16/h2-5,8,12H,6-7,9H2,1H3,(H,20,24)(H2,21,22,23). The van der Waals surface area contributed by atoms with Crippen LogP contribution in [0.4, 0.5) is 0 Å². The Morgan fingerprint density at radius 2 is 2.15 bits per heavy atom. The number of aromatic amines is 1. The van der Waals surface area contributed by atoms with E-state index in [0.29, 0.717) is 21.5 Å². The number of fused-ring (bicyclic) bond motifs is 1. The topological polar surface area (TPSA) is 82.2 Å². The number of hydrogen-bond acceptors (Lipinski definition) is 5. The molecule has 134 valence electrons. The molecule has 0 atom stereocenters. The molecule has 26 heavy (non-hydrogen) atoms. The molecule has 2 aromatic heterocycles. The van der Waals surface area contributed by atoms with Crippen molar-refractivity contribution in [2.24, 2.45) is 0 Å². The number of nitrogens with one attached hydrogen (secondary N) is 2. The van der Waals surface area contributed by atoms with Crippen molar-refractivity contribution in [1.29, 1.82) is 0 Å². The Labute approximate surface area is 158 Å². The Balaban J connectivity index is 1.74. The fourth-order valence-electron chi connectivity index (χ4n) is 2.77. The van der Waals surface area contributed by atoms with Gasteiger partial charge in [0.15, 0.2) is 0 Å². The summed E-state index contributed by atoms with van der Waals surface area (Å²) >= 11 is 2.90. The molecule has 1 aromatic carbocycles. The van der Waals surface area contributed by atoms with Crippen LogP contribution in [0.1, 0.15) is 34.3 Å².